The Kier molecular flexibility index (Phi) is 5.31. The summed E-state index contributed by atoms with van der Waals surface area (Å²) in [6, 6.07) is 14.6. The first-order valence-electron chi connectivity index (χ1n) is 9.36. The van der Waals surface area contributed by atoms with Crippen LogP contribution in [0.2, 0.25) is 0 Å². The van der Waals surface area contributed by atoms with Gasteiger partial charge in [-0.25, -0.2) is 4.98 Å². The van der Waals surface area contributed by atoms with Gasteiger partial charge in [0.15, 0.2) is 5.13 Å². The molecule has 1 atom stereocenters. The number of benzene rings is 2. The number of hydrogen-bond donors (Lipinski definition) is 2. The minimum Gasteiger partial charge on any atom is -0.497 e. The van der Waals surface area contributed by atoms with E-state index in [1.807, 2.05) is 37.3 Å². The second kappa shape index (κ2) is 8.05. The van der Waals surface area contributed by atoms with E-state index in [9.17, 15) is 9.59 Å². The molecule has 1 heterocycles. The van der Waals surface area contributed by atoms with E-state index in [0.29, 0.717) is 22.1 Å². The third kappa shape index (κ3) is 4.14. The second-order valence-corrected chi connectivity index (χ2v) is 8.04. The molecule has 0 saturated heterocycles. The quantitative estimate of drug-likeness (QED) is 0.658. The summed E-state index contributed by atoms with van der Waals surface area (Å²) < 4.78 is 5.20. The van der Waals surface area contributed by atoms with E-state index in [-0.39, 0.29) is 17.7 Å². The average Bonchev–Trinajstić information content (AvgIpc) is 3.28. The van der Waals surface area contributed by atoms with Gasteiger partial charge in [-0.05, 0) is 44.0 Å². The van der Waals surface area contributed by atoms with E-state index in [1.54, 1.807) is 25.3 Å². The first-order valence-corrected chi connectivity index (χ1v) is 10.2. The molecule has 0 bridgehead atoms. The minimum atomic E-state index is -0.322. The van der Waals surface area contributed by atoms with Crippen LogP contribution < -0.4 is 15.4 Å². The smallest absolute Gasteiger partial charge is 0.257 e. The van der Waals surface area contributed by atoms with Gasteiger partial charge < -0.3 is 10.1 Å². The number of rotatable bonds is 5. The summed E-state index contributed by atoms with van der Waals surface area (Å²) in [4.78, 5) is 30.8. The number of nitrogens with one attached hydrogen (secondary N) is 2. The van der Waals surface area contributed by atoms with Gasteiger partial charge in [0.25, 0.3) is 5.91 Å². The largest absolute Gasteiger partial charge is 0.497 e. The molecule has 0 aliphatic heterocycles. The molecule has 2 amide bonds. The Bertz CT molecular complexity index is 1060. The standard InChI is InChI=1S/C22H21N3O3S/c1-13-6-8-14(9-7-13)20(26)25-22-24-19-17(10-11-18(19)29-22)21(27)23-15-4-3-5-16(12-15)28-2/h3-9,12,17H,10-11H2,1-2H3,(H,23,27)(H,24,25,26). The third-order valence-corrected chi connectivity index (χ3v) is 5.95. The summed E-state index contributed by atoms with van der Waals surface area (Å²) in [5.41, 5.74) is 3.12. The van der Waals surface area contributed by atoms with Gasteiger partial charge in [0.1, 0.15) is 5.75 Å². The van der Waals surface area contributed by atoms with Crippen molar-refractivity contribution in [2.24, 2.45) is 0 Å². The van der Waals surface area contributed by atoms with E-state index < -0.39 is 0 Å². The zero-order valence-corrected chi connectivity index (χ0v) is 17.0. The summed E-state index contributed by atoms with van der Waals surface area (Å²) in [6.07, 6.45) is 1.50. The molecule has 6 nitrogen and oxygen atoms in total. The number of anilines is 2. The van der Waals surface area contributed by atoms with Crippen LogP contribution in [0.25, 0.3) is 0 Å². The Morgan fingerprint density at radius 2 is 1.93 bits per heavy atom. The van der Waals surface area contributed by atoms with Gasteiger partial charge in [-0.2, -0.15) is 0 Å². The van der Waals surface area contributed by atoms with Crippen molar-refractivity contribution in [1.29, 1.82) is 0 Å². The Morgan fingerprint density at radius 3 is 2.69 bits per heavy atom. The highest BCUT2D eigenvalue weighted by Gasteiger charge is 2.33. The lowest BCUT2D eigenvalue weighted by Gasteiger charge is -2.11. The van der Waals surface area contributed by atoms with E-state index in [2.05, 4.69) is 15.6 Å². The zero-order chi connectivity index (χ0) is 20.4. The molecule has 148 valence electrons. The predicted molar refractivity (Wildman–Crippen MR) is 114 cm³/mol. The molecule has 1 aliphatic rings. The molecule has 7 heteroatoms. The monoisotopic (exact) mass is 407 g/mol. The highest BCUT2D eigenvalue weighted by Crippen LogP contribution is 2.39. The van der Waals surface area contributed by atoms with Crippen molar-refractivity contribution < 1.29 is 14.3 Å². The molecule has 29 heavy (non-hydrogen) atoms. The highest BCUT2D eigenvalue weighted by molar-refractivity contribution is 7.16. The molecule has 2 aromatic carbocycles. The Balaban J connectivity index is 1.46. The number of thiazole rings is 1. The lowest BCUT2D eigenvalue weighted by Crippen LogP contribution is -2.20. The first-order chi connectivity index (χ1) is 14.0. The van der Waals surface area contributed by atoms with Gasteiger partial charge in [0.05, 0.1) is 18.7 Å². The summed E-state index contributed by atoms with van der Waals surface area (Å²) in [5.74, 6) is 0.0654. The number of methoxy groups -OCH3 is 1. The molecule has 0 radical (unpaired) electrons. The van der Waals surface area contributed by atoms with Crippen LogP contribution in [0, 0.1) is 6.92 Å². The number of ether oxygens (including phenoxy) is 1. The fourth-order valence-electron chi connectivity index (χ4n) is 3.34. The summed E-state index contributed by atoms with van der Waals surface area (Å²) in [6.45, 7) is 1.98. The zero-order valence-electron chi connectivity index (χ0n) is 16.2. The van der Waals surface area contributed by atoms with Crippen LogP contribution in [-0.4, -0.2) is 23.9 Å². The lowest BCUT2D eigenvalue weighted by atomic mass is 10.1. The average molecular weight is 407 g/mol. The number of fused-ring (bicyclic) bond motifs is 1. The minimum absolute atomic E-state index is 0.0984. The third-order valence-electron chi connectivity index (χ3n) is 4.91. The normalized spacial score (nSPS) is 14.9. The SMILES string of the molecule is COc1cccc(NC(=O)C2CCc3sc(NC(=O)c4ccc(C)cc4)nc32)c1. The molecule has 1 aromatic heterocycles. The van der Waals surface area contributed by atoms with E-state index in [4.69, 9.17) is 4.74 Å². The number of carbonyl (C=O) groups is 2. The number of aryl methyl sites for hydroxylation is 2. The molecule has 4 rings (SSSR count). The predicted octanol–water partition coefficient (Wildman–Crippen LogP) is 4.38. The van der Waals surface area contributed by atoms with Crippen molar-refractivity contribution >= 4 is 34.0 Å². The van der Waals surface area contributed by atoms with Gasteiger partial charge in [-0.3, -0.25) is 14.9 Å². The molecule has 0 saturated carbocycles. The van der Waals surface area contributed by atoms with Crippen LogP contribution in [0.1, 0.15) is 38.8 Å². The number of hydrogen-bond acceptors (Lipinski definition) is 5. The van der Waals surface area contributed by atoms with Gasteiger partial charge in [0.2, 0.25) is 5.91 Å². The van der Waals surface area contributed by atoms with Gasteiger partial charge in [-0.15, -0.1) is 11.3 Å². The van der Waals surface area contributed by atoms with Crippen molar-refractivity contribution in [3.8, 4) is 5.75 Å². The Morgan fingerprint density at radius 1 is 1.14 bits per heavy atom. The van der Waals surface area contributed by atoms with Crippen LogP contribution in [0.5, 0.6) is 5.75 Å². The Hall–Kier alpha value is -3.19. The number of carbonyl (C=O) groups excluding carboxylic acids is 2. The van der Waals surface area contributed by atoms with Crippen LogP contribution in [0.4, 0.5) is 10.8 Å². The lowest BCUT2D eigenvalue weighted by molar-refractivity contribution is -0.117. The molecule has 2 N–H and O–H groups in total. The summed E-state index contributed by atoms with van der Waals surface area (Å²) in [5, 5.41) is 6.32. The molecular formula is C22H21N3O3S. The van der Waals surface area contributed by atoms with Gasteiger partial charge >= 0.3 is 0 Å². The molecule has 0 spiro atoms. The van der Waals surface area contributed by atoms with Crippen molar-refractivity contribution in [3.05, 3.63) is 70.2 Å². The van der Waals surface area contributed by atoms with Crippen LogP contribution in [-0.2, 0) is 11.2 Å². The maximum atomic E-state index is 12.8. The first kappa shape index (κ1) is 19.1. The van der Waals surface area contributed by atoms with Gasteiger partial charge in [0, 0.05) is 22.2 Å². The maximum absolute atomic E-state index is 12.8. The van der Waals surface area contributed by atoms with Crippen LogP contribution >= 0.6 is 11.3 Å². The highest BCUT2D eigenvalue weighted by atomic mass is 32.1. The van der Waals surface area contributed by atoms with E-state index >= 15 is 0 Å². The second-order valence-electron chi connectivity index (χ2n) is 6.96. The molecule has 3 aromatic rings. The molecular weight excluding hydrogens is 386 g/mol. The summed E-state index contributed by atoms with van der Waals surface area (Å²) in [7, 11) is 1.59. The van der Waals surface area contributed by atoms with Crippen molar-refractivity contribution in [2.45, 2.75) is 25.7 Å². The van der Waals surface area contributed by atoms with Crippen molar-refractivity contribution in [2.75, 3.05) is 17.7 Å². The van der Waals surface area contributed by atoms with Crippen LogP contribution in [0.15, 0.2) is 48.5 Å². The number of aromatic nitrogens is 1. The fraction of sp³-hybridized carbons (Fsp3) is 0.227. The van der Waals surface area contributed by atoms with Crippen molar-refractivity contribution in [1.82, 2.24) is 4.98 Å². The number of nitrogens with zero attached hydrogens (tertiary/aromatic N) is 1. The fourth-order valence-corrected chi connectivity index (χ4v) is 4.37. The van der Waals surface area contributed by atoms with Gasteiger partial charge in [-0.1, -0.05) is 23.8 Å². The van der Waals surface area contributed by atoms with E-state index in [1.165, 1.54) is 11.3 Å². The molecule has 1 aliphatic carbocycles. The molecule has 0 fully saturated rings. The molecule has 1 unspecified atom stereocenters. The summed E-state index contributed by atoms with van der Waals surface area (Å²) >= 11 is 1.44. The maximum Gasteiger partial charge on any atom is 0.257 e. The Labute approximate surface area is 172 Å². The van der Waals surface area contributed by atoms with E-state index in [0.717, 1.165) is 29.0 Å². The van der Waals surface area contributed by atoms with Crippen molar-refractivity contribution in [3.63, 3.8) is 0 Å². The topological polar surface area (TPSA) is 80.3 Å². The van der Waals surface area contributed by atoms with Crippen LogP contribution in [0.3, 0.4) is 0 Å². The number of amides is 2.